The van der Waals surface area contributed by atoms with Gasteiger partial charge in [-0.1, -0.05) is 28.1 Å². The van der Waals surface area contributed by atoms with Gasteiger partial charge in [-0.2, -0.15) is 0 Å². The van der Waals surface area contributed by atoms with E-state index in [0.29, 0.717) is 12.8 Å². The number of ether oxygens (including phenoxy) is 2. The van der Waals surface area contributed by atoms with E-state index in [-0.39, 0.29) is 24.8 Å². The average Bonchev–Trinajstić information content (AvgIpc) is 2.57. The molecule has 0 aromatic heterocycles. The van der Waals surface area contributed by atoms with Crippen LogP contribution in [0, 0.1) is 0 Å². The van der Waals surface area contributed by atoms with Gasteiger partial charge in [0.1, 0.15) is 12.2 Å². The molecule has 2 unspecified atom stereocenters. The van der Waals surface area contributed by atoms with Gasteiger partial charge < -0.3 is 19.5 Å². The molecule has 2 aliphatic rings. The fourth-order valence-electron chi connectivity index (χ4n) is 4.43. The van der Waals surface area contributed by atoms with Crippen molar-refractivity contribution in [3.63, 3.8) is 0 Å². The molecule has 28 heavy (non-hydrogen) atoms. The first-order valence-corrected chi connectivity index (χ1v) is 10.5. The van der Waals surface area contributed by atoms with E-state index < -0.39 is 17.2 Å². The lowest BCUT2D eigenvalue weighted by atomic mass is 9.72. The van der Waals surface area contributed by atoms with Gasteiger partial charge in [0.2, 0.25) is 0 Å². The van der Waals surface area contributed by atoms with Crippen LogP contribution in [0.1, 0.15) is 58.4 Å². The van der Waals surface area contributed by atoms with Gasteiger partial charge in [-0.15, -0.1) is 0 Å². The second-order valence-electron chi connectivity index (χ2n) is 8.72. The van der Waals surface area contributed by atoms with Crippen molar-refractivity contribution in [1.82, 2.24) is 4.90 Å². The highest BCUT2D eigenvalue weighted by Gasteiger charge is 2.50. The van der Waals surface area contributed by atoms with Crippen molar-refractivity contribution in [3.05, 3.63) is 34.3 Å². The molecule has 1 amide bonds. The number of carboxylic acid groups (broad SMARTS) is 1. The first-order chi connectivity index (χ1) is 13.1. The van der Waals surface area contributed by atoms with Gasteiger partial charge in [-0.3, -0.25) is 0 Å². The number of benzene rings is 1. The lowest BCUT2D eigenvalue weighted by Crippen LogP contribution is -2.60. The van der Waals surface area contributed by atoms with Crippen LogP contribution in [-0.4, -0.2) is 46.4 Å². The number of carbonyl (C=O) groups is 2. The standard InChI is InChI=1S/C21H28BrNO5/c1-20(2,3)28-19(26)23-16-8-5-9-17(23)12-21(11-16,27-13-18(24)25)14-6-4-7-15(22)10-14/h4,6-7,10,16-17H,5,8-9,11-13H2,1-3H3,(H,24,25). The maximum absolute atomic E-state index is 12.9. The zero-order valence-corrected chi connectivity index (χ0v) is 18.2. The Kier molecular flexibility index (Phi) is 6.05. The minimum Gasteiger partial charge on any atom is -0.480 e. The molecule has 2 saturated heterocycles. The Balaban J connectivity index is 1.92. The molecule has 3 rings (SSSR count). The molecule has 0 aliphatic carbocycles. The molecule has 0 saturated carbocycles. The highest BCUT2D eigenvalue weighted by molar-refractivity contribution is 9.10. The van der Waals surface area contributed by atoms with E-state index in [1.165, 1.54) is 0 Å². The number of hydrogen-bond donors (Lipinski definition) is 1. The summed E-state index contributed by atoms with van der Waals surface area (Å²) >= 11 is 3.51. The summed E-state index contributed by atoms with van der Waals surface area (Å²) in [6.45, 7) is 5.24. The number of fused-ring (bicyclic) bond motifs is 2. The molecule has 0 radical (unpaired) electrons. The molecule has 2 aliphatic heterocycles. The van der Waals surface area contributed by atoms with E-state index in [0.717, 1.165) is 29.3 Å². The third-order valence-electron chi connectivity index (χ3n) is 5.42. The SMILES string of the molecule is CC(C)(C)OC(=O)N1C2CCCC1CC(OCC(=O)O)(c1cccc(Br)c1)C2. The van der Waals surface area contributed by atoms with Crippen molar-refractivity contribution in [2.75, 3.05) is 6.61 Å². The average molecular weight is 454 g/mol. The van der Waals surface area contributed by atoms with Crippen molar-refractivity contribution in [2.24, 2.45) is 0 Å². The predicted molar refractivity (Wildman–Crippen MR) is 108 cm³/mol. The van der Waals surface area contributed by atoms with E-state index in [9.17, 15) is 14.7 Å². The third-order valence-corrected chi connectivity index (χ3v) is 5.91. The highest BCUT2D eigenvalue weighted by Crippen LogP contribution is 2.47. The summed E-state index contributed by atoms with van der Waals surface area (Å²) in [7, 11) is 0. The number of carboxylic acids is 1. The molecule has 1 aromatic rings. The summed E-state index contributed by atoms with van der Waals surface area (Å²) in [5, 5.41) is 9.21. The monoisotopic (exact) mass is 453 g/mol. The van der Waals surface area contributed by atoms with E-state index in [1.807, 2.05) is 49.9 Å². The van der Waals surface area contributed by atoms with Crippen LogP contribution in [0.3, 0.4) is 0 Å². The Labute approximate surface area is 174 Å². The van der Waals surface area contributed by atoms with Gasteiger partial charge in [-0.05, 0) is 57.7 Å². The van der Waals surface area contributed by atoms with Gasteiger partial charge in [-0.25, -0.2) is 9.59 Å². The van der Waals surface area contributed by atoms with Gasteiger partial charge in [0.15, 0.2) is 0 Å². The zero-order valence-electron chi connectivity index (χ0n) is 16.6. The van der Waals surface area contributed by atoms with Crippen LogP contribution in [-0.2, 0) is 19.9 Å². The number of carbonyl (C=O) groups excluding carboxylic acids is 1. The molecular formula is C21H28BrNO5. The lowest BCUT2D eigenvalue weighted by Gasteiger charge is -2.53. The van der Waals surface area contributed by atoms with Crippen molar-refractivity contribution in [1.29, 1.82) is 0 Å². The van der Waals surface area contributed by atoms with Crippen LogP contribution in [0.15, 0.2) is 28.7 Å². The van der Waals surface area contributed by atoms with Crippen molar-refractivity contribution < 1.29 is 24.2 Å². The molecule has 2 heterocycles. The molecule has 1 aromatic carbocycles. The molecule has 1 N–H and O–H groups in total. The molecule has 154 valence electrons. The van der Waals surface area contributed by atoms with Crippen molar-refractivity contribution in [2.45, 2.75) is 76.2 Å². The van der Waals surface area contributed by atoms with Crippen molar-refractivity contribution in [3.8, 4) is 0 Å². The van der Waals surface area contributed by atoms with Gasteiger partial charge in [0.25, 0.3) is 0 Å². The fourth-order valence-corrected chi connectivity index (χ4v) is 4.83. The summed E-state index contributed by atoms with van der Waals surface area (Å²) in [5.41, 5.74) is -0.329. The normalized spacial score (nSPS) is 27.4. The Hall–Kier alpha value is -1.60. The summed E-state index contributed by atoms with van der Waals surface area (Å²) in [5.74, 6) is -0.992. The maximum Gasteiger partial charge on any atom is 0.410 e. The first kappa shape index (κ1) is 21.1. The number of piperidine rings is 2. The number of nitrogens with zero attached hydrogens (tertiary/aromatic N) is 1. The number of rotatable bonds is 4. The van der Waals surface area contributed by atoms with Crippen LogP contribution in [0.25, 0.3) is 0 Å². The third kappa shape index (κ3) is 4.69. The smallest absolute Gasteiger partial charge is 0.410 e. The molecule has 6 nitrogen and oxygen atoms in total. The second kappa shape index (κ2) is 8.03. The van der Waals surface area contributed by atoms with Crippen molar-refractivity contribution >= 4 is 28.0 Å². The molecule has 7 heteroatoms. The summed E-state index contributed by atoms with van der Waals surface area (Å²) in [6, 6.07) is 7.77. The Morgan fingerprint density at radius 3 is 2.43 bits per heavy atom. The van der Waals surface area contributed by atoms with E-state index in [2.05, 4.69) is 15.9 Å². The van der Waals surface area contributed by atoms with Crippen LogP contribution in [0.4, 0.5) is 4.79 Å². The van der Waals surface area contributed by atoms with Crippen LogP contribution in [0.2, 0.25) is 0 Å². The van der Waals surface area contributed by atoms with Crippen LogP contribution in [0.5, 0.6) is 0 Å². The number of aliphatic carboxylic acids is 1. The lowest BCUT2D eigenvalue weighted by molar-refractivity contribution is -0.164. The molecule has 2 fully saturated rings. The zero-order chi connectivity index (χ0) is 20.5. The molecule has 0 spiro atoms. The van der Waals surface area contributed by atoms with Gasteiger partial charge >= 0.3 is 12.1 Å². The maximum atomic E-state index is 12.9. The number of amides is 1. The Morgan fingerprint density at radius 2 is 1.89 bits per heavy atom. The minimum atomic E-state index is -0.992. The summed E-state index contributed by atoms with van der Waals surface area (Å²) in [4.78, 5) is 26.0. The first-order valence-electron chi connectivity index (χ1n) is 9.73. The fraction of sp³-hybridized carbons (Fsp3) is 0.619. The molecule has 2 bridgehead atoms. The number of halogens is 1. The van der Waals surface area contributed by atoms with Crippen LogP contribution < -0.4 is 0 Å². The summed E-state index contributed by atoms with van der Waals surface area (Å²) in [6.07, 6.45) is 3.61. The quantitative estimate of drug-likeness (QED) is 0.714. The topological polar surface area (TPSA) is 76.1 Å². The van der Waals surface area contributed by atoms with Crippen LogP contribution >= 0.6 is 15.9 Å². The molecule has 2 atom stereocenters. The van der Waals surface area contributed by atoms with Gasteiger partial charge in [0, 0.05) is 29.4 Å². The predicted octanol–water partition coefficient (Wildman–Crippen LogP) is 4.70. The minimum absolute atomic E-state index is 0.0323. The van der Waals surface area contributed by atoms with Gasteiger partial charge in [0.05, 0.1) is 5.60 Å². The molecular weight excluding hydrogens is 426 g/mol. The Morgan fingerprint density at radius 1 is 1.25 bits per heavy atom. The second-order valence-corrected chi connectivity index (χ2v) is 9.64. The van der Waals surface area contributed by atoms with E-state index in [1.54, 1.807) is 0 Å². The van der Waals surface area contributed by atoms with E-state index >= 15 is 0 Å². The Bertz CT molecular complexity index is 731. The largest absolute Gasteiger partial charge is 0.480 e. The summed E-state index contributed by atoms with van der Waals surface area (Å²) < 4.78 is 12.6. The van der Waals surface area contributed by atoms with E-state index in [4.69, 9.17) is 9.47 Å². The highest BCUT2D eigenvalue weighted by atomic mass is 79.9. The number of hydrogen-bond acceptors (Lipinski definition) is 4.